The minimum absolute atomic E-state index is 0.686. The Balaban J connectivity index is 2.31. The van der Waals surface area contributed by atoms with Crippen molar-refractivity contribution in [3.63, 3.8) is 0 Å². The van der Waals surface area contributed by atoms with Crippen LogP contribution in [0.3, 0.4) is 0 Å². The van der Waals surface area contributed by atoms with Crippen molar-refractivity contribution in [1.29, 1.82) is 0 Å². The zero-order chi connectivity index (χ0) is 11.1. The molecular weight excluding hydrogens is 182 g/mol. The van der Waals surface area contributed by atoms with E-state index in [2.05, 4.69) is 25.7 Å². The first-order chi connectivity index (χ1) is 7.26. The van der Waals surface area contributed by atoms with Crippen LogP contribution in [0.1, 0.15) is 58.8 Å². The van der Waals surface area contributed by atoms with E-state index >= 15 is 0 Å². The van der Waals surface area contributed by atoms with E-state index in [4.69, 9.17) is 0 Å². The second kappa shape index (κ2) is 7.05. The first kappa shape index (κ1) is 12.8. The third-order valence-corrected chi connectivity index (χ3v) is 3.62. The molecule has 0 spiro atoms. The molecule has 0 saturated heterocycles. The average Bonchev–Trinajstić information content (AvgIpc) is 2.70. The summed E-state index contributed by atoms with van der Waals surface area (Å²) in [6.45, 7) is 9.64. The molecule has 0 radical (unpaired) electrons. The van der Waals surface area contributed by atoms with Crippen LogP contribution >= 0.6 is 0 Å². The van der Waals surface area contributed by atoms with Crippen LogP contribution in [0.25, 0.3) is 0 Å². The Labute approximate surface area is 95.3 Å². The van der Waals surface area contributed by atoms with Gasteiger partial charge in [0.1, 0.15) is 0 Å². The summed E-state index contributed by atoms with van der Waals surface area (Å²) >= 11 is 0. The third kappa shape index (κ3) is 4.83. The van der Waals surface area contributed by atoms with Crippen molar-refractivity contribution < 1.29 is 0 Å². The van der Waals surface area contributed by atoms with Crippen LogP contribution in [0.4, 0.5) is 0 Å². The molecule has 88 valence electrons. The molecule has 15 heavy (non-hydrogen) atoms. The summed E-state index contributed by atoms with van der Waals surface area (Å²) in [5.41, 5.74) is 1.40. The SMILES string of the molecule is C=C(CC)CC(CC1CCCC1)NCC. The highest BCUT2D eigenvalue weighted by molar-refractivity contribution is 4.97. The van der Waals surface area contributed by atoms with Gasteiger partial charge >= 0.3 is 0 Å². The van der Waals surface area contributed by atoms with Crippen molar-refractivity contribution in [3.05, 3.63) is 12.2 Å². The fourth-order valence-corrected chi connectivity index (χ4v) is 2.67. The monoisotopic (exact) mass is 209 g/mol. The Morgan fingerprint density at radius 2 is 2.00 bits per heavy atom. The second-order valence-electron chi connectivity index (χ2n) is 4.95. The molecule has 1 nitrogen and oxygen atoms in total. The predicted octanol–water partition coefficient (Wildman–Crippen LogP) is 3.90. The van der Waals surface area contributed by atoms with Crippen molar-refractivity contribution >= 4 is 0 Å². The van der Waals surface area contributed by atoms with Crippen molar-refractivity contribution in [3.8, 4) is 0 Å². The lowest BCUT2D eigenvalue weighted by Crippen LogP contribution is -2.31. The second-order valence-corrected chi connectivity index (χ2v) is 4.95. The van der Waals surface area contributed by atoms with Gasteiger partial charge in [-0.25, -0.2) is 0 Å². The molecule has 1 aliphatic carbocycles. The van der Waals surface area contributed by atoms with Gasteiger partial charge in [0.15, 0.2) is 0 Å². The molecule has 0 aliphatic heterocycles. The molecule has 1 heteroatoms. The Kier molecular flexibility index (Phi) is 6.00. The van der Waals surface area contributed by atoms with Crippen molar-refractivity contribution in [2.45, 2.75) is 64.8 Å². The van der Waals surface area contributed by atoms with Gasteiger partial charge in [0.05, 0.1) is 0 Å². The van der Waals surface area contributed by atoms with Crippen LogP contribution in [-0.2, 0) is 0 Å². The normalized spacial score (nSPS) is 19.3. The number of nitrogens with one attached hydrogen (secondary N) is 1. The van der Waals surface area contributed by atoms with Crippen LogP contribution in [0, 0.1) is 5.92 Å². The molecule has 1 saturated carbocycles. The van der Waals surface area contributed by atoms with Crippen LogP contribution in [0.5, 0.6) is 0 Å². The van der Waals surface area contributed by atoms with E-state index in [0.29, 0.717) is 6.04 Å². The summed E-state index contributed by atoms with van der Waals surface area (Å²) in [6, 6.07) is 0.686. The zero-order valence-corrected chi connectivity index (χ0v) is 10.5. The number of hydrogen-bond donors (Lipinski definition) is 1. The van der Waals surface area contributed by atoms with Gasteiger partial charge in [-0.1, -0.05) is 51.7 Å². The first-order valence-electron chi connectivity index (χ1n) is 6.66. The van der Waals surface area contributed by atoms with E-state index in [0.717, 1.165) is 18.9 Å². The minimum Gasteiger partial charge on any atom is -0.314 e. The Morgan fingerprint density at radius 3 is 2.53 bits per heavy atom. The van der Waals surface area contributed by atoms with Crippen LogP contribution in [0.2, 0.25) is 0 Å². The van der Waals surface area contributed by atoms with Gasteiger partial charge in [-0.05, 0) is 31.7 Å². The molecule has 1 N–H and O–H groups in total. The van der Waals surface area contributed by atoms with Gasteiger partial charge < -0.3 is 5.32 Å². The summed E-state index contributed by atoms with van der Waals surface area (Å²) in [7, 11) is 0. The third-order valence-electron chi connectivity index (χ3n) is 3.62. The molecule has 1 fully saturated rings. The molecular formula is C14H27N. The highest BCUT2D eigenvalue weighted by Gasteiger charge is 2.19. The van der Waals surface area contributed by atoms with E-state index in [1.54, 1.807) is 0 Å². The predicted molar refractivity (Wildman–Crippen MR) is 68.1 cm³/mol. The van der Waals surface area contributed by atoms with Crippen LogP contribution < -0.4 is 5.32 Å². The van der Waals surface area contributed by atoms with Gasteiger partial charge in [0.2, 0.25) is 0 Å². The highest BCUT2D eigenvalue weighted by Crippen LogP contribution is 2.29. The first-order valence-corrected chi connectivity index (χ1v) is 6.66. The van der Waals surface area contributed by atoms with Crippen LogP contribution in [0.15, 0.2) is 12.2 Å². The van der Waals surface area contributed by atoms with E-state index in [-0.39, 0.29) is 0 Å². The average molecular weight is 209 g/mol. The largest absolute Gasteiger partial charge is 0.314 e. The fraction of sp³-hybridized carbons (Fsp3) is 0.857. The quantitative estimate of drug-likeness (QED) is 0.627. The summed E-state index contributed by atoms with van der Waals surface area (Å²) in [6.07, 6.45) is 9.51. The lowest BCUT2D eigenvalue weighted by molar-refractivity contribution is 0.388. The maximum absolute atomic E-state index is 4.13. The smallest absolute Gasteiger partial charge is 0.0107 e. The van der Waals surface area contributed by atoms with Gasteiger partial charge in [0, 0.05) is 6.04 Å². The zero-order valence-electron chi connectivity index (χ0n) is 10.5. The number of rotatable bonds is 7. The molecule has 0 bridgehead atoms. The lowest BCUT2D eigenvalue weighted by atomic mass is 9.93. The molecule has 1 rings (SSSR count). The van der Waals surface area contributed by atoms with Crippen molar-refractivity contribution in [2.75, 3.05) is 6.54 Å². The summed E-state index contributed by atoms with van der Waals surface area (Å²) < 4.78 is 0. The highest BCUT2D eigenvalue weighted by atomic mass is 14.9. The number of hydrogen-bond acceptors (Lipinski definition) is 1. The molecule has 0 heterocycles. The topological polar surface area (TPSA) is 12.0 Å². The molecule has 0 aromatic carbocycles. The molecule has 0 amide bonds. The standard InChI is InChI=1S/C14H27N/c1-4-12(3)10-14(15-5-2)11-13-8-6-7-9-13/h13-15H,3-11H2,1-2H3. The molecule has 1 atom stereocenters. The Bertz CT molecular complexity index is 180. The molecule has 1 unspecified atom stereocenters. The van der Waals surface area contributed by atoms with Gasteiger partial charge in [-0.15, -0.1) is 0 Å². The Hall–Kier alpha value is -0.300. The maximum Gasteiger partial charge on any atom is 0.0107 e. The fourth-order valence-electron chi connectivity index (χ4n) is 2.67. The lowest BCUT2D eigenvalue weighted by Gasteiger charge is -2.22. The van der Waals surface area contributed by atoms with Gasteiger partial charge in [0.25, 0.3) is 0 Å². The van der Waals surface area contributed by atoms with E-state index in [9.17, 15) is 0 Å². The molecule has 0 aromatic heterocycles. The summed E-state index contributed by atoms with van der Waals surface area (Å²) in [5.74, 6) is 0.985. The summed E-state index contributed by atoms with van der Waals surface area (Å²) in [4.78, 5) is 0. The van der Waals surface area contributed by atoms with Gasteiger partial charge in [-0.3, -0.25) is 0 Å². The van der Waals surface area contributed by atoms with Crippen molar-refractivity contribution in [2.24, 2.45) is 5.92 Å². The van der Waals surface area contributed by atoms with Gasteiger partial charge in [-0.2, -0.15) is 0 Å². The Morgan fingerprint density at radius 1 is 1.33 bits per heavy atom. The van der Waals surface area contributed by atoms with E-state index < -0.39 is 0 Å². The van der Waals surface area contributed by atoms with E-state index in [1.165, 1.54) is 44.1 Å². The van der Waals surface area contributed by atoms with Crippen LogP contribution in [-0.4, -0.2) is 12.6 Å². The minimum atomic E-state index is 0.686. The molecule has 0 aromatic rings. The van der Waals surface area contributed by atoms with Crippen molar-refractivity contribution in [1.82, 2.24) is 5.32 Å². The molecule has 1 aliphatic rings. The summed E-state index contributed by atoms with van der Waals surface area (Å²) in [5, 5.41) is 3.61. The van der Waals surface area contributed by atoms with E-state index in [1.807, 2.05) is 0 Å². The maximum atomic E-state index is 4.13.